The molecule has 3 heterocycles. The lowest BCUT2D eigenvalue weighted by Crippen LogP contribution is -2.44. The number of pyridine rings is 1. The minimum atomic E-state index is -0.169. The Morgan fingerprint density at radius 3 is 2.93 bits per heavy atom. The minimum Gasteiger partial charge on any atom is -0.357 e. The maximum Gasteiger partial charge on any atom is 0.232 e. The predicted octanol–water partition coefficient (Wildman–Crippen LogP) is 2.75. The molecule has 0 spiro atoms. The van der Waals surface area contributed by atoms with Gasteiger partial charge in [0.15, 0.2) is 11.8 Å². The fourth-order valence-corrected chi connectivity index (χ4v) is 3.21. The first-order chi connectivity index (χ1) is 13.4. The van der Waals surface area contributed by atoms with Crippen LogP contribution in [0.4, 0.5) is 5.82 Å². The number of hydrogen-bond donors (Lipinski definition) is 2. The lowest BCUT2D eigenvalue weighted by molar-refractivity contribution is 0.318. The van der Waals surface area contributed by atoms with E-state index in [4.69, 9.17) is 16.1 Å². The molecule has 1 atom stereocenters. The average molecular weight is 406 g/mol. The molecule has 0 saturated carbocycles. The number of anilines is 1. The molecule has 0 radical (unpaired) electrons. The van der Waals surface area contributed by atoms with Crippen LogP contribution in [-0.4, -0.2) is 46.8 Å². The summed E-state index contributed by atoms with van der Waals surface area (Å²) in [4.78, 5) is 15.6. The van der Waals surface area contributed by atoms with Crippen molar-refractivity contribution >= 4 is 23.4 Å². The molecule has 2 N–H and O–H groups in total. The van der Waals surface area contributed by atoms with Gasteiger partial charge in [-0.05, 0) is 25.5 Å². The molecule has 1 unspecified atom stereocenters. The van der Waals surface area contributed by atoms with E-state index in [1.54, 1.807) is 6.20 Å². The SMILES string of the molecule is CCNC(=NCc1noc(C(C)(C)C)n1)NC1CCN(c2ncccc2Cl)C1. The molecule has 3 rings (SSSR count). The van der Waals surface area contributed by atoms with Crippen LogP contribution in [0.3, 0.4) is 0 Å². The number of nitrogens with zero attached hydrogens (tertiary/aromatic N) is 5. The second kappa shape index (κ2) is 8.77. The van der Waals surface area contributed by atoms with Gasteiger partial charge >= 0.3 is 0 Å². The Hall–Kier alpha value is -2.35. The van der Waals surface area contributed by atoms with Crippen molar-refractivity contribution in [1.29, 1.82) is 0 Å². The fraction of sp³-hybridized carbons (Fsp3) is 0.579. The summed E-state index contributed by atoms with van der Waals surface area (Å²) >= 11 is 6.28. The van der Waals surface area contributed by atoms with E-state index in [0.717, 1.165) is 37.8 Å². The van der Waals surface area contributed by atoms with Crippen molar-refractivity contribution in [3.8, 4) is 0 Å². The van der Waals surface area contributed by atoms with Gasteiger partial charge in [0, 0.05) is 37.3 Å². The van der Waals surface area contributed by atoms with Crippen molar-refractivity contribution in [2.24, 2.45) is 4.99 Å². The molecule has 2 aromatic rings. The number of halogens is 1. The number of guanidine groups is 1. The topological polar surface area (TPSA) is 91.5 Å². The van der Waals surface area contributed by atoms with Crippen LogP contribution in [0.5, 0.6) is 0 Å². The van der Waals surface area contributed by atoms with Gasteiger partial charge in [0.2, 0.25) is 5.89 Å². The van der Waals surface area contributed by atoms with Crippen LogP contribution in [0, 0.1) is 0 Å². The Balaban J connectivity index is 1.61. The number of rotatable bonds is 5. The van der Waals surface area contributed by atoms with Crippen LogP contribution in [0.2, 0.25) is 5.02 Å². The van der Waals surface area contributed by atoms with Crippen LogP contribution in [-0.2, 0) is 12.0 Å². The molecule has 8 nitrogen and oxygen atoms in total. The Morgan fingerprint density at radius 2 is 2.25 bits per heavy atom. The molecule has 1 aliphatic heterocycles. The molecule has 0 amide bonds. The van der Waals surface area contributed by atoms with Crippen LogP contribution < -0.4 is 15.5 Å². The standard InChI is InChI=1S/C19H28ClN7O/c1-5-21-18(23-11-15-25-17(28-26-15)19(2,3)4)24-13-8-10-27(12-13)16-14(20)7-6-9-22-16/h6-7,9,13H,5,8,10-12H2,1-4H3,(H2,21,23,24). The first-order valence-corrected chi connectivity index (χ1v) is 9.98. The van der Waals surface area contributed by atoms with Gasteiger partial charge in [-0.2, -0.15) is 4.98 Å². The lowest BCUT2D eigenvalue weighted by Gasteiger charge is -2.20. The molecule has 2 aromatic heterocycles. The van der Waals surface area contributed by atoms with Crippen LogP contribution >= 0.6 is 11.6 Å². The maximum atomic E-state index is 6.28. The van der Waals surface area contributed by atoms with Crippen molar-refractivity contribution in [2.45, 2.75) is 52.1 Å². The predicted molar refractivity (Wildman–Crippen MR) is 111 cm³/mol. The van der Waals surface area contributed by atoms with Gasteiger partial charge in [-0.15, -0.1) is 0 Å². The Bertz CT molecular complexity index is 815. The highest BCUT2D eigenvalue weighted by molar-refractivity contribution is 6.32. The van der Waals surface area contributed by atoms with Gasteiger partial charge in [0.25, 0.3) is 0 Å². The van der Waals surface area contributed by atoms with E-state index in [9.17, 15) is 0 Å². The second-order valence-corrected chi connectivity index (χ2v) is 8.25. The third kappa shape index (κ3) is 5.13. The minimum absolute atomic E-state index is 0.169. The third-order valence-corrected chi connectivity index (χ3v) is 4.70. The molecule has 28 heavy (non-hydrogen) atoms. The number of aromatic nitrogens is 3. The van der Waals surface area contributed by atoms with Crippen LogP contribution in [0.25, 0.3) is 0 Å². The summed E-state index contributed by atoms with van der Waals surface area (Å²) in [6.07, 6.45) is 2.75. The summed E-state index contributed by atoms with van der Waals surface area (Å²) in [6.45, 7) is 11.0. The van der Waals surface area contributed by atoms with Gasteiger partial charge in [0.05, 0.1) is 5.02 Å². The lowest BCUT2D eigenvalue weighted by atomic mass is 9.97. The normalized spacial score (nSPS) is 17.8. The maximum absolute atomic E-state index is 6.28. The summed E-state index contributed by atoms with van der Waals surface area (Å²) in [5, 5.41) is 11.5. The van der Waals surface area contributed by atoms with E-state index in [-0.39, 0.29) is 11.5 Å². The molecule has 1 saturated heterocycles. The quantitative estimate of drug-likeness (QED) is 0.583. The van der Waals surface area contributed by atoms with Crippen molar-refractivity contribution in [1.82, 2.24) is 25.8 Å². The molecule has 9 heteroatoms. The number of aliphatic imine (C=N–C) groups is 1. The summed E-state index contributed by atoms with van der Waals surface area (Å²) in [6, 6.07) is 3.97. The van der Waals surface area contributed by atoms with Gasteiger partial charge in [-0.1, -0.05) is 37.5 Å². The Kier molecular flexibility index (Phi) is 6.39. The second-order valence-electron chi connectivity index (χ2n) is 7.85. The average Bonchev–Trinajstić information content (AvgIpc) is 3.29. The van der Waals surface area contributed by atoms with E-state index in [0.29, 0.717) is 23.3 Å². The monoisotopic (exact) mass is 405 g/mol. The summed E-state index contributed by atoms with van der Waals surface area (Å²) in [5.41, 5.74) is -0.169. The van der Waals surface area contributed by atoms with Gasteiger partial charge in [-0.3, -0.25) is 0 Å². The summed E-state index contributed by atoms with van der Waals surface area (Å²) in [5.74, 6) is 2.77. The largest absolute Gasteiger partial charge is 0.357 e. The molecule has 0 bridgehead atoms. The van der Waals surface area contributed by atoms with Crippen molar-refractivity contribution in [3.05, 3.63) is 35.1 Å². The fourth-order valence-electron chi connectivity index (χ4n) is 2.97. The molecule has 152 valence electrons. The highest BCUT2D eigenvalue weighted by Gasteiger charge is 2.26. The molecular weight excluding hydrogens is 378 g/mol. The summed E-state index contributed by atoms with van der Waals surface area (Å²) in [7, 11) is 0. The zero-order chi connectivity index (χ0) is 20.1. The molecule has 0 aromatic carbocycles. The zero-order valence-electron chi connectivity index (χ0n) is 16.9. The van der Waals surface area contributed by atoms with E-state index in [1.165, 1.54) is 0 Å². The summed E-state index contributed by atoms with van der Waals surface area (Å²) < 4.78 is 5.33. The van der Waals surface area contributed by atoms with E-state index in [2.05, 4.69) is 35.7 Å². The first kappa shape index (κ1) is 20.4. The van der Waals surface area contributed by atoms with Crippen molar-refractivity contribution < 1.29 is 4.52 Å². The third-order valence-electron chi connectivity index (χ3n) is 4.40. The highest BCUT2D eigenvalue weighted by Crippen LogP contribution is 2.25. The smallest absolute Gasteiger partial charge is 0.232 e. The number of nitrogens with one attached hydrogen (secondary N) is 2. The van der Waals surface area contributed by atoms with Crippen LogP contribution in [0.15, 0.2) is 27.8 Å². The van der Waals surface area contributed by atoms with Gasteiger partial charge in [0.1, 0.15) is 12.4 Å². The van der Waals surface area contributed by atoms with E-state index >= 15 is 0 Å². The van der Waals surface area contributed by atoms with Crippen molar-refractivity contribution in [3.63, 3.8) is 0 Å². The van der Waals surface area contributed by atoms with E-state index in [1.807, 2.05) is 39.8 Å². The van der Waals surface area contributed by atoms with Gasteiger partial charge < -0.3 is 20.1 Å². The first-order valence-electron chi connectivity index (χ1n) is 9.60. The zero-order valence-corrected chi connectivity index (χ0v) is 17.6. The van der Waals surface area contributed by atoms with E-state index < -0.39 is 0 Å². The Morgan fingerprint density at radius 1 is 1.43 bits per heavy atom. The molecular formula is C19H28ClN7O. The van der Waals surface area contributed by atoms with Crippen LogP contribution in [0.1, 0.15) is 45.8 Å². The molecule has 0 aliphatic carbocycles. The Labute approximate surface area is 170 Å². The highest BCUT2D eigenvalue weighted by atomic mass is 35.5. The molecule has 1 aliphatic rings. The van der Waals surface area contributed by atoms with Crippen molar-refractivity contribution in [2.75, 3.05) is 24.5 Å². The van der Waals surface area contributed by atoms with Gasteiger partial charge in [-0.25, -0.2) is 9.98 Å². The molecule has 1 fully saturated rings. The number of hydrogen-bond acceptors (Lipinski definition) is 6.